The Hall–Kier alpha value is -2.47. The second-order valence-corrected chi connectivity index (χ2v) is 5.86. The number of hydrogen-bond acceptors (Lipinski definition) is 4. The molecule has 1 aromatic carbocycles. The third-order valence-corrected chi connectivity index (χ3v) is 4.28. The molecule has 22 heavy (non-hydrogen) atoms. The number of amides is 1. The van der Waals surface area contributed by atoms with Crippen LogP contribution in [0, 0.1) is 6.92 Å². The quantitative estimate of drug-likeness (QED) is 0.788. The Kier molecular flexibility index (Phi) is 4.29. The van der Waals surface area contributed by atoms with Crippen molar-refractivity contribution in [2.45, 2.75) is 20.0 Å². The van der Waals surface area contributed by atoms with Crippen LogP contribution in [-0.2, 0) is 13.1 Å². The molecule has 0 atom stereocenters. The molecule has 0 saturated carbocycles. The van der Waals surface area contributed by atoms with E-state index in [1.165, 1.54) is 16.9 Å². The fourth-order valence-corrected chi connectivity index (χ4v) is 2.85. The highest BCUT2D eigenvalue weighted by molar-refractivity contribution is 7.11. The predicted molar refractivity (Wildman–Crippen MR) is 85.8 cm³/mol. The van der Waals surface area contributed by atoms with Crippen molar-refractivity contribution in [3.63, 3.8) is 0 Å². The topological polar surface area (TPSA) is 59.8 Å². The largest absolute Gasteiger partial charge is 0.347 e. The van der Waals surface area contributed by atoms with Gasteiger partial charge in [0.25, 0.3) is 5.91 Å². The molecule has 6 heteroatoms. The Balaban J connectivity index is 1.57. The van der Waals surface area contributed by atoms with Crippen molar-refractivity contribution in [3.8, 4) is 0 Å². The summed E-state index contributed by atoms with van der Waals surface area (Å²) in [7, 11) is 0. The number of benzene rings is 1. The van der Waals surface area contributed by atoms with Gasteiger partial charge in [0, 0.05) is 25.5 Å². The molecule has 0 unspecified atom stereocenters. The summed E-state index contributed by atoms with van der Waals surface area (Å²) < 4.78 is 2.02. The second kappa shape index (κ2) is 6.53. The fourth-order valence-electron chi connectivity index (χ4n) is 2.14. The number of rotatable bonds is 5. The van der Waals surface area contributed by atoms with Crippen molar-refractivity contribution in [1.29, 1.82) is 0 Å². The molecule has 3 rings (SSSR count). The number of nitrogens with zero attached hydrogens (tertiary/aromatic N) is 3. The summed E-state index contributed by atoms with van der Waals surface area (Å²) in [5.74, 6) is -0.0671. The van der Waals surface area contributed by atoms with Gasteiger partial charge in [0.05, 0.1) is 17.5 Å². The highest BCUT2D eigenvalue weighted by atomic mass is 32.1. The molecule has 0 saturated heterocycles. The molecule has 2 heterocycles. The van der Waals surface area contributed by atoms with E-state index >= 15 is 0 Å². The lowest BCUT2D eigenvalue weighted by Crippen LogP contribution is -2.22. The SMILES string of the molecule is Cc1ncsc1C(=O)NCc1ccc(Cn2ccnc2)cc1. The Morgan fingerprint density at radius 3 is 2.68 bits per heavy atom. The summed E-state index contributed by atoms with van der Waals surface area (Å²) in [6.07, 6.45) is 5.50. The van der Waals surface area contributed by atoms with Crippen LogP contribution in [0.1, 0.15) is 26.5 Å². The van der Waals surface area contributed by atoms with E-state index in [2.05, 4.69) is 27.4 Å². The third-order valence-electron chi connectivity index (χ3n) is 3.35. The van der Waals surface area contributed by atoms with E-state index in [1.807, 2.05) is 29.8 Å². The number of aromatic nitrogens is 3. The van der Waals surface area contributed by atoms with Gasteiger partial charge >= 0.3 is 0 Å². The van der Waals surface area contributed by atoms with Crippen molar-refractivity contribution in [2.75, 3.05) is 0 Å². The van der Waals surface area contributed by atoms with Gasteiger partial charge in [0.15, 0.2) is 0 Å². The minimum atomic E-state index is -0.0671. The molecule has 0 radical (unpaired) electrons. The van der Waals surface area contributed by atoms with E-state index in [9.17, 15) is 4.79 Å². The predicted octanol–water partition coefficient (Wildman–Crippen LogP) is 2.63. The van der Waals surface area contributed by atoms with Crippen LogP contribution in [0.4, 0.5) is 0 Å². The second-order valence-electron chi connectivity index (χ2n) is 5.00. The molecule has 1 N–H and O–H groups in total. The molecule has 1 amide bonds. The van der Waals surface area contributed by atoms with Crippen LogP contribution in [0.5, 0.6) is 0 Å². The molecular weight excluding hydrogens is 296 g/mol. The van der Waals surface area contributed by atoms with Crippen molar-refractivity contribution < 1.29 is 4.79 Å². The summed E-state index contributed by atoms with van der Waals surface area (Å²) in [5.41, 5.74) is 4.74. The van der Waals surface area contributed by atoms with Gasteiger partial charge < -0.3 is 9.88 Å². The first kappa shape index (κ1) is 14.5. The molecule has 0 bridgehead atoms. The first-order valence-corrected chi connectivity index (χ1v) is 7.82. The maximum absolute atomic E-state index is 12.0. The molecule has 0 spiro atoms. The van der Waals surface area contributed by atoms with Gasteiger partial charge in [-0.1, -0.05) is 24.3 Å². The zero-order chi connectivity index (χ0) is 15.4. The van der Waals surface area contributed by atoms with E-state index in [1.54, 1.807) is 18.0 Å². The Bertz CT molecular complexity index is 747. The maximum Gasteiger partial charge on any atom is 0.263 e. The summed E-state index contributed by atoms with van der Waals surface area (Å²) in [5, 5.41) is 2.92. The minimum absolute atomic E-state index is 0.0671. The smallest absolute Gasteiger partial charge is 0.263 e. The molecule has 0 aliphatic heterocycles. The Labute approximate surface area is 132 Å². The third kappa shape index (κ3) is 3.40. The number of carbonyl (C=O) groups is 1. The number of hydrogen-bond donors (Lipinski definition) is 1. The summed E-state index contributed by atoms with van der Waals surface area (Å²) in [6.45, 7) is 3.16. The molecule has 0 aliphatic rings. The van der Waals surface area contributed by atoms with Crippen LogP contribution in [-0.4, -0.2) is 20.4 Å². The van der Waals surface area contributed by atoms with E-state index in [0.717, 1.165) is 17.8 Å². The van der Waals surface area contributed by atoms with Crippen LogP contribution >= 0.6 is 11.3 Å². The molecule has 5 nitrogen and oxygen atoms in total. The number of imidazole rings is 1. The van der Waals surface area contributed by atoms with Gasteiger partial charge in [-0.2, -0.15) is 0 Å². The van der Waals surface area contributed by atoms with Gasteiger partial charge in [-0.05, 0) is 18.1 Å². The zero-order valence-electron chi connectivity index (χ0n) is 12.2. The van der Waals surface area contributed by atoms with Crippen LogP contribution in [0.25, 0.3) is 0 Å². The lowest BCUT2D eigenvalue weighted by atomic mass is 10.1. The first-order valence-electron chi connectivity index (χ1n) is 6.94. The van der Waals surface area contributed by atoms with Gasteiger partial charge in [-0.15, -0.1) is 11.3 Å². The first-order chi connectivity index (χ1) is 10.7. The van der Waals surface area contributed by atoms with Crippen molar-refractivity contribution in [1.82, 2.24) is 19.9 Å². The molecule has 3 aromatic rings. The Morgan fingerprint density at radius 1 is 1.27 bits per heavy atom. The van der Waals surface area contributed by atoms with Crippen LogP contribution in [0.3, 0.4) is 0 Å². The molecular formula is C16H16N4OS. The number of thiazole rings is 1. The summed E-state index contributed by atoms with van der Waals surface area (Å²) in [4.78, 5) is 20.8. The van der Waals surface area contributed by atoms with E-state index in [-0.39, 0.29) is 5.91 Å². The van der Waals surface area contributed by atoms with Crippen LogP contribution in [0.15, 0.2) is 48.5 Å². The van der Waals surface area contributed by atoms with E-state index in [0.29, 0.717) is 11.4 Å². The average Bonchev–Trinajstić information content (AvgIpc) is 3.18. The van der Waals surface area contributed by atoms with Gasteiger partial charge in [-0.25, -0.2) is 9.97 Å². The normalized spacial score (nSPS) is 10.6. The lowest BCUT2D eigenvalue weighted by Gasteiger charge is -2.06. The van der Waals surface area contributed by atoms with E-state index < -0.39 is 0 Å². The monoisotopic (exact) mass is 312 g/mol. The van der Waals surface area contributed by atoms with E-state index in [4.69, 9.17) is 0 Å². The average molecular weight is 312 g/mol. The van der Waals surface area contributed by atoms with Crippen molar-refractivity contribution in [3.05, 3.63) is 70.2 Å². The Morgan fingerprint density at radius 2 is 2.05 bits per heavy atom. The highest BCUT2D eigenvalue weighted by Gasteiger charge is 2.10. The van der Waals surface area contributed by atoms with Gasteiger partial charge in [-0.3, -0.25) is 4.79 Å². The highest BCUT2D eigenvalue weighted by Crippen LogP contribution is 2.12. The number of carbonyl (C=O) groups excluding carboxylic acids is 1. The maximum atomic E-state index is 12.0. The molecule has 2 aromatic heterocycles. The lowest BCUT2D eigenvalue weighted by molar-refractivity contribution is 0.0954. The standard InChI is InChI=1S/C16H16N4OS/c1-12-15(22-11-19-12)16(21)18-8-13-2-4-14(5-3-13)9-20-7-6-17-10-20/h2-7,10-11H,8-9H2,1H3,(H,18,21). The van der Waals surface area contributed by atoms with Gasteiger partial charge in [0.2, 0.25) is 0 Å². The fraction of sp³-hybridized carbons (Fsp3) is 0.188. The number of aryl methyl sites for hydroxylation is 1. The summed E-state index contributed by atoms with van der Waals surface area (Å²) >= 11 is 1.37. The molecule has 0 aliphatic carbocycles. The minimum Gasteiger partial charge on any atom is -0.347 e. The van der Waals surface area contributed by atoms with Crippen LogP contribution in [0.2, 0.25) is 0 Å². The van der Waals surface area contributed by atoms with Gasteiger partial charge in [0.1, 0.15) is 4.88 Å². The van der Waals surface area contributed by atoms with Crippen molar-refractivity contribution in [2.24, 2.45) is 0 Å². The molecule has 0 fully saturated rings. The number of nitrogens with one attached hydrogen (secondary N) is 1. The molecule has 112 valence electrons. The summed E-state index contributed by atoms with van der Waals surface area (Å²) in [6, 6.07) is 8.21. The zero-order valence-corrected chi connectivity index (χ0v) is 13.0. The van der Waals surface area contributed by atoms with Crippen molar-refractivity contribution >= 4 is 17.2 Å². The van der Waals surface area contributed by atoms with Crippen LogP contribution < -0.4 is 5.32 Å².